The predicted octanol–water partition coefficient (Wildman–Crippen LogP) is 3.12. The van der Waals surface area contributed by atoms with Crippen LogP contribution in [0, 0.1) is 0 Å². The van der Waals surface area contributed by atoms with E-state index in [0.29, 0.717) is 12.8 Å². The van der Waals surface area contributed by atoms with E-state index in [1.165, 1.54) is 22.5 Å². The smallest absolute Gasteiger partial charge is 0.416 e. The van der Waals surface area contributed by atoms with Crippen LogP contribution < -0.4 is 10.1 Å². The van der Waals surface area contributed by atoms with Crippen LogP contribution in [0.15, 0.2) is 46.0 Å². The molecule has 0 radical (unpaired) electrons. The molecule has 0 saturated carbocycles. The van der Waals surface area contributed by atoms with Gasteiger partial charge in [-0.15, -0.1) is 11.3 Å². The zero-order valence-corrected chi connectivity index (χ0v) is 16.8. The lowest BCUT2D eigenvalue weighted by Crippen LogP contribution is -2.46. The van der Waals surface area contributed by atoms with E-state index in [1.807, 2.05) is 0 Å². The van der Waals surface area contributed by atoms with Gasteiger partial charge in [0.1, 0.15) is 22.6 Å². The highest BCUT2D eigenvalue weighted by Crippen LogP contribution is 2.30. The summed E-state index contributed by atoms with van der Waals surface area (Å²) in [5, 5.41) is 4.29. The van der Waals surface area contributed by atoms with Gasteiger partial charge in [-0.3, -0.25) is 4.79 Å². The van der Waals surface area contributed by atoms with Crippen LogP contribution in [0.2, 0.25) is 0 Å². The molecule has 11 heteroatoms. The maximum absolute atomic E-state index is 12.7. The Bertz CT molecular complexity index is 929. The van der Waals surface area contributed by atoms with Gasteiger partial charge in [0.15, 0.2) is 0 Å². The molecule has 2 aromatic rings. The molecule has 158 valence electrons. The minimum atomic E-state index is -4.41. The van der Waals surface area contributed by atoms with Gasteiger partial charge < -0.3 is 10.1 Å². The highest BCUT2D eigenvalue weighted by molar-refractivity contribution is 7.91. The first-order valence-electron chi connectivity index (χ1n) is 8.83. The molecular formula is C18H19F3N2O4S2. The number of rotatable bonds is 7. The molecule has 1 aliphatic rings. The van der Waals surface area contributed by atoms with Crippen LogP contribution in [0.3, 0.4) is 0 Å². The van der Waals surface area contributed by atoms with Crippen LogP contribution in [-0.2, 0) is 21.0 Å². The summed E-state index contributed by atoms with van der Waals surface area (Å²) in [5.74, 6) is -0.173. The number of halogens is 3. The van der Waals surface area contributed by atoms with Gasteiger partial charge in [0.25, 0.3) is 10.0 Å². The molecule has 0 bridgehead atoms. The van der Waals surface area contributed by atoms with Crippen molar-refractivity contribution in [2.24, 2.45) is 0 Å². The second-order valence-electron chi connectivity index (χ2n) is 6.37. The van der Waals surface area contributed by atoms with E-state index in [1.54, 1.807) is 11.4 Å². The van der Waals surface area contributed by atoms with E-state index in [4.69, 9.17) is 4.74 Å². The quantitative estimate of drug-likeness (QED) is 0.661. The summed E-state index contributed by atoms with van der Waals surface area (Å²) in [6.07, 6.45) is -3.40. The molecule has 1 saturated heterocycles. The van der Waals surface area contributed by atoms with Crippen molar-refractivity contribution in [3.8, 4) is 5.75 Å². The third-order valence-electron chi connectivity index (χ3n) is 4.42. The van der Waals surface area contributed by atoms with E-state index in [9.17, 15) is 26.4 Å². The maximum atomic E-state index is 12.7. The lowest BCUT2D eigenvalue weighted by Gasteiger charge is -2.22. The third kappa shape index (κ3) is 5.09. The summed E-state index contributed by atoms with van der Waals surface area (Å²) in [7, 11) is -3.71. The van der Waals surface area contributed by atoms with Gasteiger partial charge in [-0.05, 0) is 48.6 Å². The van der Waals surface area contributed by atoms with Crippen LogP contribution in [-0.4, -0.2) is 44.4 Å². The predicted molar refractivity (Wildman–Crippen MR) is 101 cm³/mol. The van der Waals surface area contributed by atoms with Crippen molar-refractivity contribution in [3.05, 3.63) is 47.3 Å². The molecule has 0 aliphatic carbocycles. The largest absolute Gasteiger partial charge is 0.492 e. The van der Waals surface area contributed by atoms with Crippen molar-refractivity contribution in [3.63, 3.8) is 0 Å². The second-order valence-corrected chi connectivity index (χ2v) is 9.43. The molecule has 1 aliphatic heterocycles. The van der Waals surface area contributed by atoms with Gasteiger partial charge in [0, 0.05) is 6.54 Å². The molecule has 1 atom stereocenters. The second kappa shape index (κ2) is 8.72. The van der Waals surface area contributed by atoms with Crippen molar-refractivity contribution in [2.45, 2.75) is 29.3 Å². The Morgan fingerprint density at radius 1 is 1.24 bits per heavy atom. The van der Waals surface area contributed by atoms with Gasteiger partial charge in [-0.2, -0.15) is 17.5 Å². The average molecular weight is 448 g/mol. The molecule has 3 rings (SSSR count). The molecule has 0 spiro atoms. The van der Waals surface area contributed by atoms with Crippen LogP contribution in [0.25, 0.3) is 0 Å². The fraction of sp³-hybridized carbons (Fsp3) is 0.389. The monoisotopic (exact) mass is 448 g/mol. The molecule has 2 heterocycles. The van der Waals surface area contributed by atoms with E-state index in [0.717, 1.165) is 23.5 Å². The fourth-order valence-corrected chi connectivity index (χ4v) is 5.79. The highest BCUT2D eigenvalue weighted by Gasteiger charge is 2.39. The first kappa shape index (κ1) is 21.6. The molecule has 29 heavy (non-hydrogen) atoms. The van der Waals surface area contributed by atoms with Crippen molar-refractivity contribution < 1.29 is 31.1 Å². The van der Waals surface area contributed by atoms with E-state index in [-0.39, 0.29) is 29.7 Å². The number of hydrogen-bond acceptors (Lipinski definition) is 5. The zero-order valence-electron chi connectivity index (χ0n) is 15.2. The van der Waals surface area contributed by atoms with Crippen LogP contribution in [0.5, 0.6) is 5.75 Å². The fourth-order valence-electron chi connectivity index (χ4n) is 3.02. The number of carbonyl (C=O) groups is 1. The van der Waals surface area contributed by atoms with Crippen LogP contribution in [0.1, 0.15) is 18.4 Å². The minimum Gasteiger partial charge on any atom is -0.492 e. The summed E-state index contributed by atoms with van der Waals surface area (Å²) in [6.45, 7) is 0.422. The molecule has 1 unspecified atom stereocenters. The van der Waals surface area contributed by atoms with E-state index < -0.39 is 33.7 Å². The zero-order chi connectivity index (χ0) is 21.1. The van der Waals surface area contributed by atoms with Crippen molar-refractivity contribution in [1.82, 2.24) is 9.62 Å². The Balaban J connectivity index is 1.50. The number of nitrogens with one attached hydrogen (secondary N) is 1. The van der Waals surface area contributed by atoms with Gasteiger partial charge in [-0.1, -0.05) is 6.07 Å². The Morgan fingerprint density at radius 3 is 2.59 bits per heavy atom. The molecule has 1 N–H and O–H groups in total. The van der Waals surface area contributed by atoms with Gasteiger partial charge in [-0.25, -0.2) is 8.42 Å². The van der Waals surface area contributed by atoms with Gasteiger partial charge in [0.05, 0.1) is 12.1 Å². The van der Waals surface area contributed by atoms with E-state index in [2.05, 4.69) is 5.32 Å². The first-order chi connectivity index (χ1) is 13.7. The summed E-state index contributed by atoms with van der Waals surface area (Å²) < 4.78 is 69.7. The molecule has 1 fully saturated rings. The molecule has 1 aromatic carbocycles. The maximum Gasteiger partial charge on any atom is 0.416 e. The number of sulfonamides is 1. The topological polar surface area (TPSA) is 75.7 Å². The molecule has 6 nitrogen and oxygen atoms in total. The van der Waals surface area contributed by atoms with Crippen LogP contribution in [0.4, 0.5) is 13.2 Å². The average Bonchev–Trinajstić information content (AvgIpc) is 3.37. The Hall–Kier alpha value is -2.11. The Kier molecular flexibility index (Phi) is 6.49. The summed E-state index contributed by atoms with van der Waals surface area (Å²) >= 11 is 1.10. The Morgan fingerprint density at radius 2 is 1.97 bits per heavy atom. The summed E-state index contributed by atoms with van der Waals surface area (Å²) in [6, 6.07) is 6.60. The number of nitrogens with zero attached hydrogens (tertiary/aromatic N) is 1. The standard InChI is InChI=1S/C18H19F3N2O4S2/c19-18(20,21)13-5-7-14(8-6-13)27-11-9-22-17(24)15-3-1-10-23(15)29(25,26)16-4-2-12-28-16/h2,4-8,12,15H,1,3,9-11H2,(H,22,24). The van der Waals surface area contributed by atoms with Gasteiger partial charge in [0.2, 0.25) is 5.91 Å². The third-order valence-corrected chi connectivity index (χ3v) is 7.70. The minimum absolute atomic E-state index is 0.0432. The highest BCUT2D eigenvalue weighted by atomic mass is 32.2. The number of alkyl halides is 3. The van der Waals surface area contributed by atoms with Crippen molar-refractivity contribution in [2.75, 3.05) is 19.7 Å². The normalized spacial score (nSPS) is 18.0. The lowest BCUT2D eigenvalue weighted by molar-refractivity contribution is -0.137. The van der Waals surface area contributed by atoms with Gasteiger partial charge >= 0.3 is 6.18 Å². The Labute approximate surface area is 170 Å². The molecular weight excluding hydrogens is 429 g/mol. The number of thiophene rings is 1. The SMILES string of the molecule is O=C(NCCOc1ccc(C(F)(F)F)cc1)C1CCCN1S(=O)(=O)c1cccs1. The summed E-state index contributed by atoms with van der Waals surface area (Å²) in [4.78, 5) is 12.4. The molecule has 1 aromatic heterocycles. The summed E-state index contributed by atoms with van der Waals surface area (Å²) in [5.41, 5.74) is -0.772. The molecule has 1 amide bonds. The number of carbonyl (C=O) groups excluding carboxylic acids is 1. The number of ether oxygens (including phenoxy) is 1. The number of benzene rings is 1. The van der Waals surface area contributed by atoms with Crippen LogP contribution >= 0.6 is 11.3 Å². The lowest BCUT2D eigenvalue weighted by atomic mass is 10.2. The van der Waals surface area contributed by atoms with E-state index >= 15 is 0 Å². The number of amides is 1. The first-order valence-corrected chi connectivity index (χ1v) is 11.1. The van der Waals surface area contributed by atoms with Crippen molar-refractivity contribution >= 4 is 27.3 Å². The number of hydrogen-bond donors (Lipinski definition) is 1. The van der Waals surface area contributed by atoms with Crippen molar-refractivity contribution in [1.29, 1.82) is 0 Å².